The van der Waals surface area contributed by atoms with E-state index in [2.05, 4.69) is 20.3 Å². The van der Waals surface area contributed by atoms with E-state index in [4.69, 9.17) is 17.3 Å². The van der Waals surface area contributed by atoms with Gasteiger partial charge in [0, 0.05) is 18.3 Å². The number of halogens is 1. The van der Waals surface area contributed by atoms with Gasteiger partial charge in [-0.05, 0) is 25.7 Å². The minimum atomic E-state index is 0.309. The molecule has 1 aliphatic carbocycles. The number of rotatable bonds is 8. The number of nitrogens with zero attached hydrogens (tertiary/aromatic N) is 3. The van der Waals surface area contributed by atoms with Crippen molar-refractivity contribution in [2.75, 3.05) is 16.9 Å². The Morgan fingerprint density at radius 1 is 1.11 bits per heavy atom. The van der Waals surface area contributed by atoms with Gasteiger partial charge in [0.05, 0.1) is 0 Å². The fourth-order valence-electron chi connectivity index (χ4n) is 1.76. The molecule has 0 aliphatic heterocycles. The molecule has 6 heteroatoms. The van der Waals surface area contributed by atoms with Gasteiger partial charge < -0.3 is 11.1 Å². The summed E-state index contributed by atoms with van der Waals surface area (Å²) in [5.74, 6) is 2.47. The molecule has 0 saturated heterocycles. The lowest BCUT2D eigenvalue weighted by molar-refractivity contribution is 0.653. The number of anilines is 2. The molecule has 1 aromatic rings. The Labute approximate surface area is 113 Å². The number of hydrogen-bond acceptors (Lipinski definition) is 5. The normalized spacial score (nSPS) is 14.7. The zero-order chi connectivity index (χ0) is 12.8. The summed E-state index contributed by atoms with van der Waals surface area (Å²) in [4.78, 5) is 12.7. The van der Waals surface area contributed by atoms with Crippen molar-refractivity contribution >= 4 is 23.5 Å². The van der Waals surface area contributed by atoms with Crippen LogP contribution in [0.2, 0.25) is 0 Å². The summed E-state index contributed by atoms with van der Waals surface area (Å²) in [6, 6.07) is 0.531. The SMILES string of the molecule is Nc1nc(CCCCCCCl)nc(NC2CC2)n1. The molecule has 1 aliphatic rings. The van der Waals surface area contributed by atoms with Crippen molar-refractivity contribution in [3.05, 3.63) is 5.82 Å². The third-order valence-electron chi connectivity index (χ3n) is 2.89. The molecule has 2 rings (SSSR count). The number of unbranched alkanes of at least 4 members (excludes halogenated alkanes) is 3. The Hall–Kier alpha value is -1.10. The van der Waals surface area contributed by atoms with E-state index in [0.29, 0.717) is 17.9 Å². The number of aromatic nitrogens is 3. The third kappa shape index (κ3) is 4.64. The Morgan fingerprint density at radius 2 is 1.89 bits per heavy atom. The van der Waals surface area contributed by atoms with Crippen LogP contribution in [0.15, 0.2) is 0 Å². The van der Waals surface area contributed by atoms with Crippen molar-refractivity contribution in [1.82, 2.24) is 15.0 Å². The molecule has 0 radical (unpaired) electrons. The Balaban J connectivity index is 1.80. The molecule has 3 N–H and O–H groups in total. The largest absolute Gasteiger partial charge is 0.368 e. The van der Waals surface area contributed by atoms with Gasteiger partial charge in [-0.15, -0.1) is 11.6 Å². The molecule has 0 amide bonds. The van der Waals surface area contributed by atoms with E-state index < -0.39 is 0 Å². The highest BCUT2D eigenvalue weighted by Gasteiger charge is 2.22. The van der Waals surface area contributed by atoms with Gasteiger partial charge in [-0.1, -0.05) is 12.8 Å². The number of hydrogen-bond donors (Lipinski definition) is 2. The highest BCUT2D eigenvalue weighted by Crippen LogP contribution is 2.23. The van der Waals surface area contributed by atoms with Gasteiger partial charge in [0.15, 0.2) is 0 Å². The molecule has 0 bridgehead atoms. The first-order valence-electron chi connectivity index (χ1n) is 6.61. The van der Waals surface area contributed by atoms with Crippen molar-refractivity contribution in [3.63, 3.8) is 0 Å². The van der Waals surface area contributed by atoms with Crippen LogP contribution in [0.3, 0.4) is 0 Å². The van der Waals surface area contributed by atoms with Crippen LogP contribution in [0, 0.1) is 0 Å². The van der Waals surface area contributed by atoms with Crippen LogP contribution in [-0.2, 0) is 6.42 Å². The highest BCUT2D eigenvalue weighted by atomic mass is 35.5. The van der Waals surface area contributed by atoms with E-state index in [9.17, 15) is 0 Å². The molecule has 100 valence electrons. The monoisotopic (exact) mass is 269 g/mol. The number of nitrogens with two attached hydrogens (primary N) is 1. The second kappa shape index (κ2) is 6.73. The molecule has 1 heterocycles. The van der Waals surface area contributed by atoms with Crippen LogP contribution in [0.4, 0.5) is 11.9 Å². The van der Waals surface area contributed by atoms with Crippen LogP contribution in [0.1, 0.15) is 44.3 Å². The van der Waals surface area contributed by atoms with Crippen LogP contribution in [-0.4, -0.2) is 26.9 Å². The van der Waals surface area contributed by atoms with Crippen LogP contribution < -0.4 is 11.1 Å². The first kappa shape index (κ1) is 13.3. The van der Waals surface area contributed by atoms with Gasteiger partial charge in [-0.25, -0.2) is 0 Å². The summed E-state index contributed by atoms with van der Waals surface area (Å²) in [6.07, 6.45) is 7.71. The number of aryl methyl sites for hydroxylation is 1. The number of alkyl halides is 1. The van der Waals surface area contributed by atoms with E-state index in [1.54, 1.807) is 0 Å². The van der Waals surface area contributed by atoms with Crippen LogP contribution >= 0.6 is 11.6 Å². The van der Waals surface area contributed by atoms with E-state index in [1.165, 1.54) is 12.8 Å². The molecule has 0 atom stereocenters. The highest BCUT2D eigenvalue weighted by molar-refractivity contribution is 6.17. The van der Waals surface area contributed by atoms with E-state index in [0.717, 1.165) is 43.8 Å². The minimum Gasteiger partial charge on any atom is -0.368 e. The molecule has 1 saturated carbocycles. The average molecular weight is 270 g/mol. The Morgan fingerprint density at radius 3 is 2.61 bits per heavy atom. The second-order valence-corrected chi connectivity index (χ2v) is 5.08. The molecule has 18 heavy (non-hydrogen) atoms. The Bertz CT molecular complexity index is 381. The fourth-order valence-corrected chi connectivity index (χ4v) is 1.94. The summed E-state index contributed by atoms with van der Waals surface area (Å²) in [5.41, 5.74) is 5.69. The minimum absolute atomic E-state index is 0.309. The standard InChI is InChI=1S/C12H20ClN5/c13-8-4-2-1-3-5-10-16-11(14)18-12(17-10)15-9-6-7-9/h9H,1-8H2,(H3,14,15,16,17,18). The van der Waals surface area contributed by atoms with Crippen molar-refractivity contribution in [2.45, 2.75) is 51.0 Å². The van der Waals surface area contributed by atoms with Gasteiger partial charge in [-0.2, -0.15) is 15.0 Å². The van der Waals surface area contributed by atoms with Gasteiger partial charge in [-0.3, -0.25) is 0 Å². The van der Waals surface area contributed by atoms with E-state index >= 15 is 0 Å². The van der Waals surface area contributed by atoms with Gasteiger partial charge >= 0.3 is 0 Å². The summed E-state index contributed by atoms with van der Waals surface area (Å²) < 4.78 is 0. The van der Waals surface area contributed by atoms with Gasteiger partial charge in [0.2, 0.25) is 11.9 Å². The lowest BCUT2D eigenvalue weighted by Gasteiger charge is -2.06. The predicted octanol–water partition coefficient (Wildman–Crippen LogP) is 2.37. The van der Waals surface area contributed by atoms with E-state index in [1.807, 2.05) is 0 Å². The molecule has 0 unspecified atom stereocenters. The predicted molar refractivity (Wildman–Crippen MR) is 73.8 cm³/mol. The first-order valence-corrected chi connectivity index (χ1v) is 7.14. The topological polar surface area (TPSA) is 76.7 Å². The summed E-state index contributed by atoms with van der Waals surface area (Å²) >= 11 is 5.64. The van der Waals surface area contributed by atoms with Crippen molar-refractivity contribution in [2.24, 2.45) is 0 Å². The maximum absolute atomic E-state index is 5.69. The average Bonchev–Trinajstić information content (AvgIpc) is 3.12. The first-order chi connectivity index (χ1) is 8.78. The van der Waals surface area contributed by atoms with Crippen molar-refractivity contribution in [1.29, 1.82) is 0 Å². The lowest BCUT2D eigenvalue weighted by Crippen LogP contribution is -2.11. The molecule has 1 aromatic heterocycles. The van der Waals surface area contributed by atoms with Gasteiger partial charge in [0.1, 0.15) is 5.82 Å². The molecular formula is C12H20ClN5. The fraction of sp³-hybridized carbons (Fsp3) is 0.750. The Kier molecular flexibility index (Phi) is 4.99. The number of nitrogen functional groups attached to an aromatic ring is 1. The summed E-state index contributed by atoms with van der Waals surface area (Å²) in [5, 5.41) is 3.25. The summed E-state index contributed by atoms with van der Waals surface area (Å²) in [7, 11) is 0. The molecule has 0 spiro atoms. The van der Waals surface area contributed by atoms with Crippen LogP contribution in [0.25, 0.3) is 0 Å². The smallest absolute Gasteiger partial charge is 0.227 e. The second-order valence-electron chi connectivity index (χ2n) is 4.71. The zero-order valence-electron chi connectivity index (χ0n) is 10.5. The third-order valence-corrected chi connectivity index (χ3v) is 3.16. The van der Waals surface area contributed by atoms with Gasteiger partial charge in [0.25, 0.3) is 0 Å². The molecule has 5 nitrogen and oxygen atoms in total. The van der Waals surface area contributed by atoms with E-state index in [-0.39, 0.29) is 0 Å². The quantitative estimate of drug-likeness (QED) is 0.560. The lowest BCUT2D eigenvalue weighted by atomic mass is 10.1. The maximum atomic E-state index is 5.69. The number of nitrogens with one attached hydrogen (secondary N) is 1. The van der Waals surface area contributed by atoms with Crippen molar-refractivity contribution in [3.8, 4) is 0 Å². The molecule has 1 fully saturated rings. The maximum Gasteiger partial charge on any atom is 0.227 e. The van der Waals surface area contributed by atoms with Crippen molar-refractivity contribution < 1.29 is 0 Å². The summed E-state index contributed by atoms with van der Waals surface area (Å²) in [6.45, 7) is 0. The molecule has 0 aromatic carbocycles. The zero-order valence-corrected chi connectivity index (χ0v) is 11.3. The van der Waals surface area contributed by atoms with Crippen LogP contribution in [0.5, 0.6) is 0 Å². The molecular weight excluding hydrogens is 250 g/mol.